The van der Waals surface area contributed by atoms with E-state index >= 15 is 0 Å². The van der Waals surface area contributed by atoms with Crippen LogP contribution in [0.25, 0.3) is 11.5 Å². The molecule has 1 amide bonds. The fourth-order valence-electron chi connectivity index (χ4n) is 3.19. The van der Waals surface area contributed by atoms with E-state index in [1.54, 1.807) is 7.11 Å². The van der Waals surface area contributed by atoms with Gasteiger partial charge in [0.1, 0.15) is 5.75 Å². The second kappa shape index (κ2) is 7.29. The number of carbonyl (C=O) groups excluding carboxylic acids is 1. The van der Waals surface area contributed by atoms with Crippen LogP contribution in [0.4, 0.5) is 0 Å². The summed E-state index contributed by atoms with van der Waals surface area (Å²) in [4.78, 5) is 19.6. The Balaban J connectivity index is 1.38. The zero-order valence-electron chi connectivity index (χ0n) is 14.4. The Morgan fingerprint density at radius 1 is 1.35 bits per heavy atom. The molecule has 1 unspecified atom stereocenters. The fraction of sp³-hybridized carbons (Fsp3) is 0.316. The Labute approximate surface area is 155 Å². The molecule has 1 aromatic carbocycles. The van der Waals surface area contributed by atoms with Crippen LogP contribution in [0.3, 0.4) is 0 Å². The molecule has 0 spiro atoms. The lowest BCUT2D eigenvalue weighted by atomic mass is 10.1. The summed E-state index contributed by atoms with van der Waals surface area (Å²) in [5.41, 5.74) is 0.866. The summed E-state index contributed by atoms with van der Waals surface area (Å²) in [5, 5.41) is 6.03. The van der Waals surface area contributed by atoms with Gasteiger partial charge in [-0.15, -0.1) is 11.3 Å². The van der Waals surface area contributed by atoms with Crippen molar-refractivity contribution in [2.24, 2.45) is 5.92 Å². The van der Waals surface area contributed by atoms with Gasteiger partial charge in [-0.25, -0.2) is 0 Å². The number of hydrogen-bond donors (Lipinski definition) is 0. The molecule has 4 rings (SSSR count). The van der Waals surface area contributed by atoms with Gasteiger partial charge in [0.15, 0.2) is 5.82 Å². The minimum atomic E-state index is 0.120. The second-order valence-electron chi connectivity index (χ2n) is 6.33. The van der Waals surface area contributed by atoms with E-state index in [4.69, 9.17) is 9.26 Å². The molecule has 0 aliphatic carbocycles. The lowest BCUT2D eigenvalue weighted by Crippen LogP contribution is -2.28. The van der Waals surface area contributed by atoms with Crippen LogP contribution in [0.15, 0.2) is 46.3 Å². The number of likely N-dealkylation sites (tertiary alicyclic amines) is 1. The van der Waals surface area contributed by atoms with Crippen LogP contribution in [0.5, 0.6) is 5.75 Å². The smallest absolute Gasteiger partial charge is 0.263 e. The van der Waals surface area contributed by atoms with Crippen LogP contribution in [-0.2, 0) is 6.42 Å². The second-order valence-corrected chi connectivity index (χ2v) is 7.28. The van der Waals surface area contributed by atoms with Crippen molar-refractivity contribution < 1.29 is 14.1 Å². The number of nitrogens with zero attached hydrogens (tertiary/aromatic N) is 3. The number of thiophene rings is 1. The van der Waals surface area contributed by atoms with Gasteiger partial charge in [-0.05, 0) is 48.1 Å². The van der Waals surface area contributed by atoms with Crippen molar-refractivity contribution in [3.63, 3.8) is 0 Å². The third kappa shape index (κ3) is 3.48. The topological polar surface area (TPSA) is 68.5 Å². The first-order valence-corrected chi connectivity index (χ1v) is 9.40. The highest BCUT2D eigenvalue weighted by Gasteiger charge is 2.28. The van der Waals surface area contributed by atoms with Gasteiger partial charge in [0.05, 0.1) is 12.0 Å². The zero-order valence-corrected chi connectivity index (χ0v) is 15.2. The highest BCUT2D eigenvalue weighted by molar-refractivity contribution is 7.12. The van der Waals surface area contributed by atoms with E-state index in [-0.39, 0.29) is 5.91 Å². The number of rotatable bonds is 5. The van der Waals surface area contributed by atoms with Crippen molar-refractivity contribution in [3.05, 3.63) is 52.5 Å². The summed E-state index contributed by atoms with van der Waals surface area (Å²) in [6.07, 6.45) is 1.68. The van der Waals surface area contributed by atoms with Crippen LogP contribution in [0, 0.1) is 5.92 Å². The normalized spacial score (nSPS) is 16.8. The quantitative estimate of drug-likeness (QED) is 0.688. The maximum atomic E-state index is 12.4. The van der Waals surface area contributed by atoms with Gasteiger partial charge in [0.25, 0.3) is 11.8 Å². The average Bonchev–Trinajstić information content (AvgIpc) is 3.43. The Morgan fingerprint density at radius 2 is 2.19 bits per heavy atom. The monoisotopic (exact) mass is 369 g/mol. The summed E-state index contributed by atoms with van der Waals surface area (Å²) < 4.78 is 10.5. The standard InChI is InChI=1S/C19H19N3O3S/c1-24-15-6-4-14(5-7-15)18-20-17(21-25-18)11-13-8-9-22(12-13)19(23)16-3-2-10-26-16/h2-7,10,13H,8-9,11-12H2,1H3. The van der Waals surface area contributed by atoms with Crippen molar-refractivity contribution >= 4 is 17.2 Å². The van der Waals surface area contributed by atoms with Crippen molar-refractivity contribution in [1.29, 1.82) is 0 Å². The van der Waals surface area contributed by atoms with Crippen molar-refractivity contribution in [2.45, 2.75) is 12.8 Å². The minimum Gasteiger partial charge on any atom is -0.497 e. The number of carbonyl (C=O) groups is 1. The molecule has 3 aromatic rings. The predicted molar refractivity (Wildman–Crippen MR) is 98.3 cm³/mol. The Morgan fingerprint density at radius 3 is 2.92 bits per heavy atom. The number of benzene rings is 1. The van der Waals surface area contributed by atoms with Gasteiger partial charge in [0.2, 0.25) is 0 Å². The van der Waals surface area contributed by atoms with Crippen LogP contribution in [-0.4, -0.2) is 41.1 Å². The van der Waals surface area contributed by atoms with Crippen LogP contribution in [0.2, 0.25) is 0 Å². The predicted octanol–water partition coefficient (Wildman–Crippen LogP) is 3.51. The molecule has 6 nitrogen and oxygen atoms in total. The minimum absolute atomic E-state index is 0.120. The molecule has 3 heterocycles. The van der Waals surface area contributed by atoms with Crippen molar-refractivity contribution in [1.82, 2.24) is 15.0 Å². The van der Waals surface area contributed by atoms with E-state index in [0.29, 0.717) is 24.1 Å². The lowest BCUT2D eigenvalue weighted by molar-refractivity contribution is 0.0791. The van der Waals surface area contributed by atoms with E-state index in [1.807, 2.05) is 46.7 Å². The number of aromatic nitrogens is 2. The molecular weight excluding hydrogens is 350 g/mol. The maximum absolute atomic E-state index is 12.4. The van der Waals surface area contributed by atoms with E-state index in [2.05, 4.69) is 10.1 Å². The molecule has 7 heteroatoms. The first-order valence-electron chi connectivity index (χ1n) is 8.52. The molecule has 1 aliphatic heterocycles. The Hall–Kier alpha value is -2.67. The first kappa shape index (κ1) is 16.8. The summed E-state index contributed by atoms with van der Waals surface area (Å²) in [7, 11) is 1.63. The van der Waals surface area contributed by atoms with Crippen LogP contribution < -0.4 is 4.74 Å². The summed E-state index contributed by atoms with van der Waals surface area (Å²) >= 11 is 1.49. The van der Waals surface area contributed by atoms with E-state index in [1.165, 1.54) is 11.3 Å². The summed E-state index contributed by atoms with van der Waals surface area (Å²) in [6.45, 7) is 1.52. The summed E-state index contributed by atoms with van der Waals surface area (Å²) in [6, 6.07) is 11.3. The lowest BCUT2D eigenvalue weighted by Gasteiger charge is -2.14. The highest BCUT2D eigenvalue weighted by atomic mass is 32.1. The highest BCUT2D eigenvalue weighted by Crippen LogP contribution is 2.25. The Bertz CT molecular complexity index is 874. The molecular formula is C19H19N3O3S. The van der Waals surface area contributed by atoms with Crippen LogP contribution in [0.1, 0.15) is 21.9 Å². The van der Waals surface area contributed by atoms with Crippen molar-refractivity contribution in [3.8, 4) is 17.2 Å². The van der Waals surface area contributed by atoms with Crippen LogP contribution >= 0.6 is 11.3 Å². The fourth-order valence-corrected chi connectivity index (χ4v) is 3.88. The molecule has 1 saturated heterocycles. The van der Waals surface area contributed by atoms with Gasteiger partial charge < -0.3 is 14.2 Å². The molecule has 0 radical (unpaired) electrons. The van der Waals surface area contributed by atoms with E-state index in [9.17, 15) is 4.79 Å². The van der Waals surface area contributed by atoms with Gasteiger partial charge in [-0.3, -0.25) is 4.79 Å². The van der Waals surface area contributed by atoms with Gasteiger partial charge in [-0.1, -0.05) is 11.2 Å². The number of hydrogen-bond acceptors (Lipinski definition) is 6. The molecule has 134 valence electrons. The molecule has 0 bridgehead atoms. The first-order chi connectivity index (χ1) is 12.7. The zero-order chi connectivity index (χ0) is 17.9. The van der Waals surface area contributed by atoms with Gasteiger partial charge in [-0.2, -0.15) is 4.98 Å². The van der Waals surface area contributed by atoms with Gasteiger partial charge in [0, 0.05) is 25.1 Å². The number of ether oxygens (including phenoxy) is 1. The molecule has 0 N–H and O–H groups in total. The molecule has 0 saturated carbocycles. The number of amides is 1. The maximum Gasteiger partial charge on any atom is 0.263 e. The SMILES string of the molecule is COc1ccc(-c2nc(CC3CCN(C(=O)c4cccs4)C3)no2)cc1. The molecule has 26 heavy (non-hydrogen) atoms. The van der Waals surface area contributed by atoms with E-state index < -0.39 is 0 Å². The third-order valence-electron chi connectivity index (χ3n) is 4.58. The average molecular weight is 369 g/mol. The number of methoxy groups -OCH3 is 1. The molecule has 1 fully saturated rings. The molecule has 1 atom stereocenters. The summed E-state index contributed by atoms with van der Waals surface area (Å²) in [5.74, 6) is 2.46. The molecule has 2 aromatic heterocycles. The largest absolute Gasteiger partial charge is 0.497 e. The van der Waals surface area contributed by atoms with E-state index in [0.717, 1.165) is 35.7 Å². The van der Waals surface area contributed by atoms with Gasteiger partial charge >= 0.3 is 0 Å². The Kier molecular flexibility index (Phi) is 4.71. The van der Waals surface area contributed by atoms with Crippen molar-refractivity contribution in [2.75, 3.05) is 20.2 Å². The molecule has 1 aliphatic rings. The third-order valence-corrected chi connectivity index (χ3v) is 5.44.